The molecule has 0 aromatic heterocycles. The lowest BCUT2D eigenvalue weighted by atomic mass is 10.0. The van der Waals surface area contributed by atoms with Gasteiger partial charge >= 0.3 is 0 Å². The van der Waals surface area contributed by atoms with Crippen LogP contribution in [-0.4, -0.2) is 18.0 Å². The van der Waals surface area contributed by atoms with Crippen LogP contribution in [0.2, 0.25) is 0 Å². The lowest BCUT2D eigenvalue weighted by Crippen LogP contribution is -2.27. The Morgan fingerprint density at radius 3 is 2.64 bits per heavy atom. The van der Waals surface area contributed by atoms with Crippen LogP contribution in [0.1, 0.15) is 12.0 Å². The topological polar surface area (TPSA) is 57.2 Å². The first-order valence-corrected chi connectivity index (χ1v) is 4.80. The first-order chi connectivity index (χ1) is 6.75. The lowest BCUT2D eigenvalue weighted by Gasteiger charge is -2.06. The summed E-state index contributed by atoms with van der Waals surface area (Å²) < 4.78 is 0. The van der Waals surface area contributed by atoms with Crippen molar-refractivity contribution < 1.29 is 4.79 Å². The molecule has 2 N–H and O–H groups in total. The molecule has 2 unspecified atom stereocenters. The number of hydrogen-bond donors (Lipinski definition) is 1. The summed E-state index contributed by atoms with van der Waals surface area (Å²) >= 11 is 0. The molecule has 1 heterocycles. The van der Waals surface area contributed by atoms with Gasteiger partial charge in [-0.1, -0.05) is 30.3 Å². The lowest BCUT2D eigenvalue weighted by molar-refractivity contribution is -0.120. The maximum absolute atomic E-state index is 11.1. The second kappa shape index (κ2) is 3.80. The Bertz CT molecular complexity index is 323. The van der Waals surface area contributed by atoms with E-state index in [1.54, 1.807) is 0 Å². The van der Waals surface area contributed by atoms with Crippen LogP contribution in [0.15, 0.2) is 30.3 Å². The largest absolute Gasteiger partial charge is 0.320 e. The Labute approximate surface area is 83.3 Å². The van der Waals surface area contributed by atoms with Crippen LogP contribution in [0.5, 0.6) is 0 Å². The van der Waals surface area contributed by atoms with Crippen LogP contribution in [0.4, 0.5) is 0 Å². The van der Waals surface area contributed by atoms with Gasteiger partial charge in [-0.15, -0.1) is 0 Å². The molecule has 3 heteroatoms. The van der Waals surface area contributed by atoms with Crippen molar-refractivity contribution in [2.45, 2.75) is 24.9 Å². The number of amides is 1. The van der Waals surface area contributed by atoms with Gasteiger partial charge in [0, 0.05) is 0 Å². The molecule has 0 saturated carbocycles. The van der Waals surface area contributed by atoms with E-state index in [1.807, 2.05) is 30.3 Å². The standard InChI is InChI=1S/C11H13N2O/c12-10-7-9(13-11(10)14)6-8-4-2-1-3-5-8/h1-5,9-10H,6-7,12H2. The molecule has 3 nitrogen and oxygen atoms in total. The van der Waals surface area contributed by atoms with Gasteiger partial charge in [-0.25, -0.2) is 5.32 Å². The van der Waals surface area contributed by atoms with E-state index in [-0.39, 0.29) is 18.0 Å². The van der Waals surface area contributed by atoms with E-state index in [0.717, 1.165) is 6.42 Å². The molecule has 2 rings (SSSR count). The van der Waals surface area contributed by atoms with Crippen molar-refractivity contribution in [2.24, 2.45) is 5.73 Å². The van der Waals surface area contributed by atoms with Crippen molar-refractivity contribution in [1.82, 2.24) is 5.32 Å². The summed E-state index contributed by atoms with van der Waals surface area (Å²) in [5.74, 6) is -0.147. The Kier molecular flexibility index (Phi) is 2.50. The summed E-state index contributed by atoms with van der Waals surface area (Å²) in [6.07, 6.45) is 1.51. The van der Waals surface area contributed by atoms with Crippen molar-refractivity contribution in [1.29, 1.82) is 0 Å². The molecular weight excluding hydrogens is 176 g/mol. The molecule has 14 heavy (non-hydrogen) atoms. The van der Waals surface area contributed by atoms with Crippen LogP contribution in [0, 0.1) is 0 Å². The number of carbonyl (C=O) groups is 1. The number of benzene rings is 1. The zero-order valence-corrected chi connectivity index (χ0v) is 7.89. The fourth-order valence-corrected chi connectivity index (χ4v) is 1.74. The summed E-state index contributed by atoms with van der Waals surface area (Å²) in [6.45, 7) is 0. The maximum Gasteiger partial charge on any atom is 0.258 e. The van der Waals surface area contributed by atoms with Crippen molar-refractivity contribution >= 4 is 5.91 Å². The Balaban J connectivity index is 1.97. The minimum Gasteiger partial charge on any atom is -0.320 e. The summed E-state index contributed by atoms with van der Waals surface area (Å²) in [7, 11) is 0. The smallest absolute Gasteiger partial charge is 0.258 e. The first-order valence-electron chi connectivity index (χ1n) is 4.80. The molecule has 1 amide bonds. The number of nitrogens with zero attached hydrogens (tertiary/aromatic N) is 1. The summed E-state index contributed by atoms with van der Waals surface area (Å²) in [5, 5.41) is 4.00. The molecule has 2 atom stereocenters. The van der Waals surface area contributed by atoms with Crippen molar-refractivity contribution in [3.8, 4) is 0 Å². The van der Waals surface area contributed by atoms with Crippen LogP contribution < -0.4 is 11.1 Å². The van der Waals surface area contributed by atoms with Crippen LogP contribution in [0.3, 0.4) is 0 Å². The van der Waals surface area contributed by atoms with E-state index in [9.17, 15) is 4.79 Å². The van der Waals surface area contributed by atoms with E-state index >= 15 is 0 Å². The zero-order chi connectivity index (χ0) is 9.97. The Morgan fingerprint density at radius 1 is 1.36 bits per heavy atom. The summed E-state index contributed by atoms with van der Waals surface area (Å²) in [4.78, 5) is 11.1. The summed E-state index contributed by atoms with van der Waals surface area (Å²) in [5.41, 5.74) is 6.79. The predicted molar refractivity (Wildman–Crippen MR) is 53.7 cm³/mol. The van der Waals surface area contributed by atoms with Gasteiger partial charge in [-0.05, 0) is 18.4 Å². The molecule has 1 aliphatic heterocycles. The third kappa shape index (κ3) is 1.93. The average molecular weight is 189 g/mol. The highest BCUT2D eigenvalue weighted by Gasteiger charge is 2.30. The highest BCUT2D eigenvalue weighted by molar-refractivity contribution is 5.83. The fourth-order valence-electron chi connectivity index (χ4n) is 1.74. The molecule has 1 aliphatic rings. The van der Waals surface area contributed by atoms with Gasteiger partial charge in [0.25, 0.3) is 5.91 Å². The van der Waals surface area contributed by atoms with Crippen molar-refractivity contribution in [3.05, 3.63) is 35.9 Å². The number of rotatable bonds is 2. The van der Waals surface area contributed by atoms with Crippen LogP contribution in [-0.2, 0) is 11.2 Å². The SMILES string of the molecule is NC1CC(Cc2ccccc2)[N]C1=O. The predicted octanol–water partition coefficient (Wildman–Crippen LogP) is 0.460. The number of nitrogens with two attached hydrogens (primary N) is 1. The molecule has 1 aromatic carbocycles. The molecule has 1 radical (unpaired) electrons. The van der Waals surface area contributed by atoms with Gasteiger partial charge < -0.3 is 5.73 Å². The molecule has 0 spiro atoms. The Morgan fingerprint density at radius 2 is 2.07 bits per heavy atom. The van der Waals surface area contributed by atoms with Gasteiger partial charge in [-0.3, -0.25) is 4.79 Å². The van der Waals surface area contributed by atoms with Crippen LogP contribution in [0.25, 0.3) is 0 Å². The van der Waals surface area contributed by atoms with Gasteiger partial charge in [0.1, 0.15) is 0 Å². The third-order valence-electron chi connectivity index (χ3n) is 2.47. The fraction of sp³-hybridized carbons (Fsp3) is 0.364. The highest BCUT2D eigenvalue weighted by atomic mass is 16.2. The van der Waals surface area contributed by atoms with E-state index in [0.29, 0.717) is 6.42 Å². The van der Waals surface area contributed by atoms with Gasteiger partial charge in [-0.2, -0.15) is 0 Å². The monoisotopic (exact) mass is 189 g/mol. The van der Waals surface area contributed by atoms with E-state index in [1.165, 1.54) is 5.56 Å². The van der Waals surface area contributed by atoms with Crippen molar-refractivity contribution in [2.75, 3.05) is 0 Å². The van der Waals surface area contributed by atoms with E-state index in [4.69, 9.17) is 5.73 Å². The zero-order valence-electron chi connectivity index (χ0n) is 7.89. The Hall–Kier alpha value is -1.35. The highest BCUT2D eigenvalue weighted by Crippen LogP contribution is 2.13. The van der Waals surface area contributed by atoms with E-state index < -0.39 is 0 Å². The number of hydrogen-bond acceptors (Lipinski definition) is 2. The molecule has 0 bridgehead atoms. The van der Waals surface area contributed by atoms with Gasteiger partial charge in [0.15, 0.2) is 0 Å². The van der Waals surface area contributed by atoms with Gasteiger partial charge in [0.2, 0.25) is 0 Å². The van der Waals surface area contributed by atoms with Crippen molar-refractivity contribution in [3.63, 3.8) is 0 Å². The molecule has 0 aliphatic carbocycles. The van der Waals surface area contributed by atoms with E-state index in [2.05, 4.69) is 5.32 Å². The molecular formula is C11H13N2O. The normalized spacial score (nSPS) is 26.2. The number of carbonyl (C=O) groups excluding carboxylic acids is 1. The van der Waals surface area contributed by atoms with Gasteiger partial charge in [0.05, 0.1) is 12.1 Å². The maximum atomic E-state index is 11.1. The molecule has 1 saturated heterocycles. The quantitative estimate of drug-likeness (QED) is 0.734. The van der Waals surface area contributed by atoms with Crippen LogP contribution >= 0.6 is 0 Å². The third-order valence-corrected chi connectivity index (χ3v) is 2.47. The molecule has 1 aromatic rings. The average Bonchev–Trinajstić information content (AvgIpc) is 2.47. The molecule has 73 valence electrons. The minimum absolute atomic E-state index is 0.0832. The molecule has 1 fully saturated rings. The minimum atomic E-state index is -0.372. The second-order valence-electron chi connectivity index (χ2n) is 3.65. The first kappa shape index (κ1) is 9.21. The summed E-state index contributed by atoms with van der Waals surface area (Å²) in [6, 6.07) is 9.77. The second-order valence-corrected chi connectivity index (χ2v) is 3.65.